The first-order valence-corrected chi connectivity index (χ1v) is 9.25. The molecule has 1 heterocycles. The fourth-order valence-electron chi connectivity index (χ4n) is 2.97. The van der Waals surface area contributed by atoms with Gasteiger partial charge in [0.05, 0.1) is 14.2 Å². The van der Waals surface area contributed by atoms with Gasteiger partial charge in [-0.25, -0.2) is 0 Å². The van der Waals surface area contributed by atoms with Crippen molar-refractivity contribution in [3.05, 3.63) is 65.7 Å². The minimum atomic E-state index is -0.389. The first-order valence-electron chi connectivity index (χ1n) is 9.25. The molecule has 0 saturated heterocycles. The molecular formula is C22H24N4O3. The van der Waals surface area contributed by atoms with E-state index in [9.17, 15) is 4.79 Å². The largest absolute Gasteiger partial charge is 0.496 e. The van der Waals surface area contributed by atoms with E-state index in [0.717, 1.165) is 5.69 Å². The number of methoxy groups -OCH3 is 2. The molecule has 0 bridgehead atoms. The van der Waals surface area contributed by atoms with Crippen molar-refractivity contribution in [2.45, 2.75) is 19.8 Å². The maximum Gasteiger partial charge on any atom is 0.264 e. The van der Waals surface area contributed by atoms with Crippen LogP contribution in [0.25, 0.3) is 0 Å². The summed E-state index contributed by atoms with van der Waals surface area (Å²) in [6.07, 6.45) is 0. The Hall–Kier alpha value is -3.61. The molecule has 0 fully saturated rings. The van der Waals surface area contributed by atoms with E-state index in [4.69, 9.17) is 9.47 Å². The normalized spacial score (nSPS) is 10.5. The molecule has 29 heavy (non-hydrogen) atoms. The summed E-state index contributed by atoms with van der Waals surface area (Å²) in [4.78, 5) is 12.7. The van der Waals surface area contributed by atoms with Crippen molar-refractivity contribution in [1.29, 1.82) is 0 Å². The van der Waals surface area contributed by atoms with Gasteiger partial charge in [0.2, 0.25) is 0 Å². The number of hydrogen-bond acceptors (Lipinski definition) is 6. The van der Waals surface area contributed by atoms with Crippen molar-refractivity contribution in [3.8, 4) is 11.5 Å². The minimum absolute atomic E-state index is 0.298. The van der Waals surface area contributed by atoms with Gasteiger partial charge in [-0.05, 0) is 41.8 Å². The van der Waals surface area contributed by atoms with Crippen LogP contribution in [-0.2, 0) is 0 Å². The topological polar surface area (TPSA) is 85.4 Å². The standard InChI is InChI=1S/C22H24N4O3/c1-14(2)15-8-5-6-9-16(15)23-19-12-13-20(26-25-19)24-22(27)21-17(28-3)10-7-11-18(21)29-4/h5-14H,1-4H3,(H,23,25)(H,24,26,27). The van der Waals surface area contributed by atoms with E-state index in [1.807, 2.05) is 18.2 Å². The smallest absolute Gasteiger partial charge is 0.264 e. The van der Waals surface area contributed by atoms with E-state index < -0.39 is 0 Å². The maximum absolute atomic E-state index is 12.7. The quantitative estimate of drug-likeness (QED) is 0.611. The van der Waals surface area contributed by atoms with Crippen LogP contribution in [0.15, 0.2) is 54.6 Å². The van der Waals surface area contributed by atoms with Gasteiger partial charge in [0.1, 0.15) is 17.1 Å². The molecule has 0 aliphatic carbocycles. The van der Waals surface area contributed by atoms with E-state index in [2.05, 4.69) is 40.7 Å². The van der Waals surface area contributed by atoms with Crippen molar-refractivity contribution in [2.24, 2.45) is 0 Å². The van der Waals surface area contributed by atoms with Crippen LogP contribution in [0.3, 0.4) is 0 Å². The highest BCUT2D eigenvalue weighted by molar-refractivity contribution is 6.07. The second kappa shape index (κ2) is 9.05. The molecule has 0 radical (unpaired) electrons. The van der Waals surface area contributed by atoms with Gasteiger partial charge < -0.3 is 20.1 Å². The van der Waals surface area contributed by atoms with Crippen molar-refractivity contribution < 1.29 is 14.3 Å². The van der Waals surface area contributed by atoms with Gasteiger partial charge >= 0.3 is 0 Å². The van der Waals surface area contributed by atoms with Crippen LogP contribution in [0.4, 0.5) is 17.3 Å². The highest BCUT2D eigenvalue weighted by Gasteiger charge is 2.19. The van der Waals surface area contributed by atoms with Crippen LogP contribution in [0.2, 0.25) is 0 Å². The summed E-state index contributed by atoms with van der Waals surface area (Å²) in [6.45, 7) is 4.27. The summed E-state index contributed by atoms with van der Waals surface area (Å²) < 4.78 is 10.6. The molecule has 0 atom stereocenters. The lowest BCUT2D eigenvalue weighted by Crippen LogP contribution is -2.16. The Labute approximate surface area is 170 Å². The molecule has 1 aromatic heterocycles. The third-order valence-electron chi connectivity index (χ3n) is 4.41. The number of ether oxygens (including phenoxy) is 2. The van der Waals surface area contributed by atoms with E-state index in [0.29, 0.717) is 34.6 Å². The zero-order valence-corrected chi connectivity index (χ0v) is 16.9. The molecule has 7 nitrogen and oxygen atoms in total. The number of para-hydroxylation sites is 1. The van der Waals surface area contributed by atoms with Gasteiger partial charge in [0.15, 0.2) is 11.6 Å². The number of anilines is 3. The molecule has 0 unspecified atom stereocenters. The van der Waals surface area contributed by atoms with Crippen LogP contribution in [-0.4, -0.2) is 30.3 Å². The van der Waals surface area contributed by atoms with Crippen molar-refractivity contribution in [2.75, 3.05) is 24.9 Å². The highest BCUT2D eigenvalue weighted by atomic mass is 16.5. The number of nitrogens with zero attached hydrogens (tertiary/aromatic N) is 2. The van der Waals surface area contributed by atoms with Crippen LogP contribution in [0, 0.1) is 0 Å². The summed E-state index contributed by atoms with van der Waals surface area (Å²) in [7, 11) is 3.00. The molecule has 0 aliphatic heterocycles. The zero-order valence-electron chi connectivity index (χ0n) is 16.9. The van der Waals surface area contributed by atoms with E-state index in [1.165, 1.54) is 19.8 Å². The third-order valence-corrected chi connectivity index (χ3v) is 4.41. The Balaban J connectivity index is 1.76. The van der Waals surface area contributed by atoms with Crippen molar-refractivity contribution in [1.82, 2.24) is 10.2 Å². The molecule has 2 N–H and O–H groups in total. The number of carbonyl (C=O) groups excluding carboxylic acids is 1. The predicted octanol–water partition coefficient (Wildman–Crippen LogP) is 4.61. The summed E-state index contributed by atoms with van der Waals surface area (Å²) in [5.41, 5.74) is 2.47. The Bertz CT molecular complexity index is 965. The lowest BCUT2D eigenvalue weighted by molar-refractivity contribution is 0.102. The van der Waals surface area contributed by atoms with Gasteiger partial charge in [0, 0.05) is 5.69 Å². The summed E-state index contributed by atoms with van der Waals surface area (Å²) in [6, 6.07) is 16.7. The average molecular weight is 392 g/mol. The number of aromatic nitrogens is 2. The number of amides is 1. The lowest BCUT2D eigenvalue weighted by atomic mass is 10.0. The van der Waals surface area contributed by atoms with Gasteiger partial charge in [-0.15, -0.1) is 10.2 Å². The van der Waals surface area contributed by atoms with Crippen LogP contribution in [0.1, 0.15) is 35.7 Å². The fourth-order valence-corrected chi connectivity index (χ4v) is 2.97. The second-order valence-corrected chi connectivity index (χ2v) is 6.66. The molecule has 2 aromatic carbocycles. The molecule has 0 aliphatic rings. The van der Waals surface area contributed by atoms with Crippen molar-refractivity contribution in [3.63, 3.8) is 0 Å². The molecule has 3 rings (SSSR count). The molecule has 150 valence electrons. The Kier molecular flexibility index (Phi) is 6.29. The van der Waals surface area contributed by atoms with Crippen LogP contribution in [0.5, 0.6) is 11.5 Å². The Morgan fingerprint density at radius 2 is 1.48 bits per heavy atom. The number of rotatable bonds is 7. The lowest BCUT2D eigenvalue weighted by Gasteiger charge is -2.14. The molecular weight excluding hydrogens is 368 g/mol. The number of carbonyl (C=O) groups is 1. The van der Waals surface area contributed by atoms with Gasteiger partial charge in [-0.1, -0.05) is 38.1 Å². The first kappa shape index (κ1) is 20.1. The monoisotopic (exact) mass is 392 g/mol. The summed E-state index contributed by atoms with van der Waals surface area (Å²) in [5.74, 6) is 1.73. The fraction of sp³-hybridized carbons (Fsp3) is 0.227. The second-order valence-electron chi connectivity index (χ2n) is 6.66. The Morgan fingerprint density at radius 1 is 0.862 bits per heavy atom. The van der Waals surface area contributed by atoms with Crippen LogP contribution < -0.4 is 20.1 Å². The van der Waals surface area contributed by atoms with E-state index in [-0.39, 0.29) is 5.91 Å². The highest BCUT2D eigenvalue weighted by Crippen LogP contribution is 2.29. The number of hydrogen-bond donors (Lipinski definition) is 2. The van der Waals surface area contributed by atoms with Crippen LogP contribution >= 0.6 is 0 Å². The average Bonchev–Trinajstić information content (AvgIpc) is 2.74. The van der Waals surface area contributed by atoms with E-state index >= 15 is 0 Å². The summed E-state index contributed by atoms with van der Waals surface area (Å²) in [5, 5.41) is 14.3. The molecule has 0 saturated carbocycles. The third kappa shape index (κ3) is 4.63. The molecule has 0 spiro atoms. The first-order chi connectivity index (χ1) is 14.0. The number of benzene rings is 2. The number of nitrogens with one attached hydrogen (secondary N) is 2. The van der Waals surface area contributed by atoms with Gasteiger partial charge in [-0.3, -0.25) is 4.79 Å². The predicted molar refractivity (Wildman–Crippen MR) is 113 cm³/mol. The summed E-state index contributed by atoms with van der Waals surface area (Å²) >= 11 is 0. The Morgan fingerprint density at radius 3 is 2.07 bits per heavy atom. The zero-order chi connectivity index (χ0) is 20.8. The maximum atomic E-state index is 12.7. The molecule has 1 amide bonds. The van der Waals surface area contributed by atoms with Gasteiger partial charge in [-0.2, -0.15) is 0 Å². The van der Waals surface area contributed by atoms with E-state index in [1.54, 1.807) is 30.3 Å². The minimum Gasteiger partial charge on any atom is -0.496 e. The molecule has 3 aromatic rings. The molecule has 7 heteroatoms. The van der Waals surface area contributed by atoms with Crippen molar-refractivity contribution >= 4 is 23.2 Å². The van der Waals surface area contributed by atoms with Gasteiger partial charge in [0.25, 0.3) is 5.91 Å². The SMILES string of the molecule is COc1cccc(OC)c1C(=O)Nc1ccc(Nc2ccccc2C(C)C)nn1.